The lowest BCUT2D eigenvalue weighted by Gasteiger charge is -2.39. The molecule has 2 N–H and O–H groups in total. The van der Waals surface area contributed by atoms with Crippen molar-refractivity contribution >= 4 is 5.91 Å². The van der Waals surface area contributed by atoms with Crippen LogP contribution in [0.4, 0.5) is 0 Å². The molecular weight excluding hydrogens is 264 g/mol. The monoisotopic (exact) mass is 290 g/mol. The fourth-order valence-corrected chi connectivity index (χ4v) is 2.62. The second kappa shape index (κ2) is 7.00. The summed E-state index contributed by atoms with van der Waals surface area (Å²) in [6.07, 6.45) is 4.44. The quantitative estimate of drug-likeness (QED) is 0.882. The van der Waals surface area contributed by atoms with Crippen LogP contribution in [0.15, 0.2) is 24.5 Å². The van der Waals surface area contributed by atoms with E-state index in [9.17, 15) is 4.79 Å². The van der Waals surface area contributed by atoms with Crippen molar-refractivity contribution in [1.82, 2.24) is 14.8 Å². The van der Waals surface area contributed by atoms with Gasteiger partial charge in [-0.05, 0) is 31.0 Å². The fraction of sp³-hybridized carbons (Fsp3) is 0.625. The molecule has 1 unspecified atom stereocenters. The summed E-state index contributed by atoms with van der Waals surface area (Å²) in [6.45, 7) is 8.76. The first-order chi connectivity index (χ1) is 10.1. The maximum Gasteiger partial charge on any atom is 0.229 e. The molecule has 0 aliphatic carbocycles. The van der Waals surface area contributed by atoms with Crippen LogP contribution in [-0.2, 0) is 11.3 Å². The predicted molar refractivity (Wildman–Crippen MR) is 83.5 cm³/mol. The molecule has 1 fully saturated rings. The van der Waals surface area contributed by atoms with Crippen molar-refractivity contribution in [2.45, 2.75) is 26.8 Å². The Kier molecular flexibility index (Phi) is 5.31. The number of amides is 1. The molecule has 0 aromatic carbocycles. The van der Waals surface area contributed by atoms with Crippen LogP contribution in [0.3, 0.4) is 0 Å². The molecule has 0 saturated carbocycles. The molecule has 5 nitrogen and oxygen atoms in total. The molecule has 0 bridgehead atoms. The van der Waals surface area contributed by atoms with Crippen LogP contribution in [0, 0.1) is 5.41 Å². The molecule has 5 heteroatoms. The van der Waals surface area contributed by atoms with E-state index in [2.05, 4.69) is 9.88 Å². The Morgan fingerprint density at radius 1 is 1.29 bits per heavy atom. The lowest BCUT2D eigenvalue weighted by molar-refractivity contribution is -0.142. The number of hydrogen-bond donors (Lipinski definition) is 1. The van der Waals surface area contributed by atoms with Crippen LogP contribution in [0.5, 0.6) is 0 Å². The van der Waals surface area contributed by atoms with Crippen molar-refractivity contribution in [3.8, 4) is 0 Å². The third kappa shape index (κ3) is 3.80. The number of nitrogens with two attached hydrogens (primary N) is 1. The van der Waals surface area contributed by atoms with Gasteiger partial charge in [-0.2, -0.15) is 0 Å². The highest BCUT2D eigenvalue weighted by molar-refractivity contribution is 5.82. The van der Waals surface area contributed by atoms with Gasteiger partial charge in [0.15, 0.2) is 0 Å². The van der Waals surface area contributed by atoms with Crippen LogP contribution in [0.2, 0.25) is 0 Å². The van der Waals surface area contributed by atoms with Gasteiger partial charge < -0.3 is 10.6 Å². The summed E-state index contributed by atoms with van der Waals surface area (Å²) in [7, 11) is 0. The van der Waals surface area contributed by atoms with Gasteiger partial charge in [-0.25, -0.2) is 0 Å². The number of piperazine rings is 1. The number of hydrogen-bond acceptors (Lipinski definition) is 4. The maximum absolute atomic E-state index is 12.6. The number of rotatable bonds is 5. The molecule has 116 valence electrons. The van der Waals surface area contributed by atoms with E-state index in [1.165, 1.54) is 5.56 Å². The molecular formula is C16H26N4O. The van der Waals surface area contributed by atoms with Gasteiger partial charge in [0.05, 0.1) is 5.41 Å². The van der Waals surface area contributed by atoms with E-state index >= 15 is 0 Å². The standard InChI is InChI=1S/C16H26N4O/c1-3-16(2,13-17)15(21)20-10-8-19(9-11-20)12-14-4-6-18-7-5-14/h4-7H,3,8-13,17H2,1-2H3. The summed E-state index contributed by atoms with van der Waals surface area (Å²) in [5, 5.41) is 0. The van der Waals surface area contributed by atoms with Gasteiger partial charge in [0.1, 0.15) is 0 Å². The lowest BCUT2D eigenvalue weighted by atomic mass is 9.86. The number of nitrogens with zero attached hydrogens (tertiary/aromatic N) is 3. The molecule has 1 saturated heterocycles. The molecule has 1 aromatic rings. The smallest absolute Gasteiger partial charge is 0.229 e. The van der Waals surface area contributed by atoms with Crippen LogP contribution < -0.4 is 5.73 Å². The molecule has 1 atom stereocenters. The predicted octanol–water partition coefficient (Wildman–Crippen LogP) is 1.10. The number of carbonyl (C=O) groups is 1. The highest BCUT2D eigenvalue weighted by Crippen LogP contribution is 2.23. The maximum atomic E-state index is 12.6. The third-order valence-corrected chi connectivity index (χ3v) is 4.56. The first kappa shape index (κ1) is 15.9. The third-order valence-electron chi connectivity index (χ3n) is 4.56. The molecule has 1 amide bonds. The van der Waals surface area contributed by atoms with E-state index in [-0.39, 0.29) is 5.91 Å². The van der Waals surface area contributed by atoms with Crippen molar-refractivity contribution in [3.63, 3.8) is 0 Å². The first-order valence-corrected chi connectivity index (χ1v) is 7.70. The van der Waals surface area contributed by atoms with Crippen molar-refractivity contribution in [2.75, 3.05) is 32.7 Å². The Morgan fingerprint density at radius 3 is 2.43 bits per heavy atom. The Morgan fingerprint density at radius 2 is 1.90 bits per heavy atom. The summed E-state index contributed by atoms with van der Waals surface area (Å²) in [5.74, 6) is 0.205. The molecule has 0 spiro atoms. The molecule has 0 radical (unpaired) electrons. The Labute approximate surface area is 127 Å². The number of pyridine rings is 1. The van der Waals surface area contributed by atoms with Crippen LogP contribution in [-0.4, -0.2) is 53.4 Å². The minimum Gasteiger partial charge on any atom is -0.340 e. The highest BCUT2D eigenvalue weighted by atomic mass is 16.2. The second-order valence-electron chi connectivity index (χ2n) is 6.04. The van der Waals surface area contributed by atoms with Gasteiger partial charge in [-0.3, -0.25) is 14.7 Å². The average Bonchev–Trinajstić information content (AvgIpc) is 2.55. The normalized spacial score (nSPS) is 19.3. The minimum absolute atomic E-state index is 0.205. The molecule has 1 aliphatic rings. The van der Waals surface area contributed by atoms with E-state index in [0.717, 1.165) is 39.1 Å². The highest BCUT2D eigenvalue weighted by Gasteiger charge is 2.34. The summed E-state index contributed by atoms with van der Waals surface area (Å²) in [6, 6.07) is 4.08. The second-order valence-corrected chi connectivity index (χ2v) is 6.04. The van der Waals surface area contributed by atoms with Crippen molar-refractivity contribution in [2.24, 2.45) is 11.1 Å². The van der Waals surface area contributed by atoms with Crippen LogP contribution in [0.1, 0.15) is 25.8 Å². The summed E-state index contributed by atoms with van der Waals surface area (Å²) in [5.41, 5.74) is 6.65. The molecule has 2 rings (SSSR count). The Bertz CT molecular complexity index is 451. The zero-order chi connectivity index (χ0) is 15.3. The van der Waals surface area contributed by atoms with E-state index in [1.807, 2.05) is 43.3 Å². The van der Waals surface area contributed by atoms with E-state index in [1.54, 1.807) is 0 Å². The molecule has 1 aliphatic heterocycles. The van der Waals surface area contributed by atoms with Crippen LogP contribution >= 0.6 is 0 Å². The van der Waals surface area contributed by atoms with E-state index in [0.29, 0.717) is 6.54 Å². The molecule has 1 aromatic heterocycles. The Balaban J connectivity index is 1.87. The van der Waals surface area contributed by atoms with Crippen molar-refractivity contribution in [3.05, 3.63) is 30.1 Å². The van der Waals surface area contributed by atoms with E-state index in [4.69, 9.17) is 5.73 Å². The van der Waals surface area contributed by atoms with E-state index < -0.39 is 5.41 Å². The zero-order valence-corrected chi connectivity index (χ0v) is 13.1. The SMILES string of the molecule is CCC(C)(CN)C(=O)N1CCN(Cc2ccncc2)CC1. The van der Waals surface area contributed by atoms with Gasteiger partial charge in [0.25, 0.3) is 0 Å². The first-order valence-electron chi connectivity index (χ1n) is 7.70. The fourth-order valence-electron chi connectivity index (χ4n) is 2.62. The van der Waals surface area contributed by atoms with Gasteiger partial charge in [-0.15, -0.1) is 0 Å². The molecule has 21 heavy (non-hydrogen) atoms. The number of carbonyl (C=O) groups excluding carboxylic acids is 1. The topological polar surface area (TPSA) is 62.5 Å². The molecule has 2 heterocycles. The van der Waals surface area contributed by atoms with Crippen LogP contribution in [0.25, 0.3) is 0 Å². The average molecular weight is 290 g/mol. The van der Waals surface area contributed by atoms with Gasteiger partial charge in [-0.1, -0.05) is 6.92 Å². The van der Waals surface area contributed by atoms with Gasteiger partial charge in [0, 0.05) is 51.7 Å². The largest absolute Gasteiger partial charge is 0.340 e. The lowest BCUT2D eigenvalue weighted by Crippen LogP contribution is -2.53. The van der Waals surface area contributed by atoms with Gasteiger partial charge >= 0.3 is 0 Å². The summed E-state index contributed by atoms with van der Waals surface area (Å²) < 4.78 is 0. The zero-order valence-electron chi connectivity index (χ0n) is 13.1. The summed E-state index contributed by atoms with van der Waals surface area (Å²) in [4.78, 5) is 21.0. The van der Waals surface area contributed by atoms with Crippen molar-refractivity contribution in [1.29, 1.82) is 0 Å². The Hall–Kier alpha value is -1.46. The van der Waals surface area contributed by atoms with Gasteiger partial charge in [0.2, 0.25) is 5.91 Å². The van der Waals surface area contributed by atoms with Crippen molar-refractivity contribution < 1.29 is 4.79 Å². The number of aromatic nitrogens is 1. The summed E-state index contributed by atoms with van der Waals surface area (Å²) >= 11 is 0. The minimum atomic E-state index is -0.409.